The van der Waals surface area contributed by atoms with Crippen LogP contribution in [-0.2, 0) is 0 Å². The van der Waals surface area contributed by atoms with Gasteiger partial charge < -0.3 is 4.98 Å². The Morgan fingerprint density at radius 2 is 1.93 bits per heavy atom. The Labute approximate surface area is 97.5 Å². The molecule has 0 aliphatic carbocycles. The van der Waals surface area contributed by atoms with Crippen LogP contribution >= 0.6 is 22.6 Å². The summed E-state index contributed by atoms with van der Waals surface area (Å²) < 4.78 is 25.2. The van der Waals surface area contributed by atoms with Crippen molar-refractivity contribution in [2.45, 2.75) is 6.43 Å². The Bertz CT molecular complexity index is 565. The SMILES string of the molecule is O=c1c(I)c(C(F)F)[nH]c2ccccc12. The maximum atomic E-state index is 12.6. The molecule has 0 unspecified atom stereocenters. The van der Waals surface area contributed by atoms with E-state index in [1.807, 2.05) is 0 Å². The van der Waals surface area contributed by atoms with Gasteiger partial charge in [0.2, 0.25) is 5.43 Å². The number of H-pyrrole nitrogens is 1. The highest BCUT2D eigenvalue weighted by Gasteiger charge is 2.16. The van der Waals surface area contributed by atoms with E-state index in [1.54, 1.807) is 46.9 Å². The molecule has 0 saturated carbocycles. The average molecular weight is 321 g/mol. The van der Waals surface area contributed by atoms with Crippen LogP contribution in [0, 0.1) is 3.57 Å². The smallest absolute Gasteiger partial charge is 0.279 e. The number of pyridine rings is 1. The first-order valence-corrected chi connectivity index (χ1v) is 5.27. The summed E-state index contributed by atoms with van der Waals surface area (Å²) in [6.45, 7) is 0. The Morgan fingerprint density at radius 1 is 1.27 bits per heavy atom. The molecule has 15 heavy (non-hydrogen) atoms. The molecule has 0 bridgehead atoms. The third-order valence-corrected chi connectivity index (χ3v) is 3.17. The van der Waals surface area contributed by atoms with Gasteiger partial charge in [-0.3, -0.25) is 4.79 Å². The van der Waals surface area contributed by atoms with Crippen molar-refractivity contribution in [1.82, 2.24) is 4.98 Å². The van der Waals surface area contributed by atoms with E-state index in [1.165, 1.54) is 0 Å². The third kappa shape index (κ3) is 1.75. The van der Waals surface area contributed by atoms with E-state index in [2.05, 4.69) is 4.98 Å². The first-order valence-electron chi connectivity index (χ1n) is 4.20. The van der Waals surface area contributed by atoms with Crippen LogP contribution in [0.1, 0.15) is 12.1 Å². The minimum atomic E-state index is -2.66. The Balaban J connectivity index is 2.89. The van der Waals surface area contributed by atoms with E-state index in [0.717, 1.165) is 0 Å². The first kappa shape index (κ1) is 10.5. The summed E-state index contributed by atoms with van der Waals surface area (Å²) in [7, 11) is 0. The largest absolute Gasteiger partial charge is 0.353 e. The molecule has 0 spiro atoms. The summed E-state index contributed by atoms with van der Waals surface area (Å²) in [5, 5.41) is 0.436. The van der Waals surface area contributed by atoms with Crippen molar-refractivity contribution in [2.24, 2.45) is 0 Å². The normalized spacial score (nSPS) is 11.2. The van der Waals surface area contributed by atoms with Gasteiger partial charge in [-0.15, -0.1) is 0 Å². The Hall–Kier alpha value is -0.980. The highest BCUT2D eigenvalue weighted by Crippen LogP contribution is 2.22. The number of alkyl halides is 2. The van der Waals surface area contributed by atoms with Crippen LogP contribution in [0.3, 0.4) is 0 Å². The van der Waals surface area contributed by atoms with Crippen molar-refractivity contribution < 1.29 is 8.78 Å². The molecule has 1 aromatic heterocycles. The third-order valence-electron chi connectivity index (χ3n) is 2.10. The van der Waals surface area contributed by atoms with E-state index in [0.29, 0.717) is 10.9 Å². The number of halogens is 3. The summed E-state index contributed by atoms with van der Waals surface area (Å²) in [6, 6.07) is 6.63. The van der Waals surface area contributed by atoms with Crippen molar-refractivity contribution in [2.75, 3.05) is 0 Å². The minimum Gasteiger partial charge on any atom is -0.353 e. The van der Waals surface area contributed by atoms with E-state index >= 15 is 0 Å². The van der Waals surface area contributed by atoms with Crippen molar-refractivity contribution in [1.29, 1.82) is 0 Å². The molecule has 0 aliphatic rings. The van der Waals surface area contributed by atoms with Crippen molar-refractivity contribution in [3.63, 3.8) is 0 Å². The molecule has 5 heteroatoms. The number of benzene rings is 1. The van der Waals surface area contributed by atoms with Gasteiger partial charge in [-0.25, -0.2) is 8.78 Å². The Morgan fingerprint density at radius 3 is 2.60 bits per heavy atom. The summed E-state index contributed by atoms with van der Waals surface area (Å²) >= 11 is 1.64. The maximum Gasteiger partial charge on any atom is 0.279 e. The molecule has 2 rings (SSSR count). The molecule has 0 amide bonds. The predicted molar refractivity (Wildman–Crippen MR) is 62.2 cm³/mol. The number of aromatic nitrogens is 1. The summed E-state index contributed by atoms with van der Waals surface area (Å²) in [4.78, 5) is 14.3. The molecule has 1 heterocycles. The number of fused-ring (bicyclic) bond motifs is 1. The van der Waals surface area contributed by atoms with Gasteiger partial charge in [0.1, 0.15) is 0 Å². The number of hydrogen-bond acceptors (Lipinski definition) is 1. The van der Waals surface area contributed by atoms with E-state index in [-0.39, 0.29) is 14.7 Å². The molecule has 0 aliphatic heterocycles. The monoisotopic (exact) mass is 321 g/mol. The standard InChI is InChI=1S/C10H6F2INO/c11-10(12)8-7(13)9(15)5-3-1-2-4-6(5)14-8/h1-4,10H,(H,14,15). The highest BCUT2D eigenvalue weighted by molar-refractivity contribution is 14.1. The maximum absolute atomic E-state index is 12.6. The number of para-hydroxylation sites is 1. The van der Waals surface area contributed by atoms with Gasteiger partial charge in [0.05, 0.1) is 9.26 Å². The van der Waals surface area contributed by atoms with Crippen LogP contribution < -0.4 is 5.43 Å². The lowest BCUT2D eigenvalue weighted by Gasteiger charge is -2.05. The zero-order chi connectivity index (χ0) is 11.0. The topological polar surface area (TPSA) is 32.9 Å². The average Bonchev–Trinajstić information content (AvgIpc) is 2.23. The predicted octanol–water partition coefficient (Wildman–Crippen LogP) is 3.07. The van der Waals surface area contributed by atoms with Gasteiger partial charge in [0.15, 0.2) is 0 Å². The molecule has 0 atom stereocenters. The highest BCUT2D eigenvalue weighted by atomic mass is 127. The molecule has 78 valence electrons. The van der Waals surface area contributed by atoms with Crippen LogP contribution in [0.15, 0.2) is 29.1 Å². The summed E-state index contributed by atoms with van der Waals surface area (Å²) in [5.41, 5.74) is -0.210. The van der Waals surface area contributed by atoms with Gasteiger partial charge in [-0.1, -0.05) is 12.1 Å². The molecule has 0 fully saturated rings. The number of hydrogen-bond donors (Lipinski definition) is 1. The van der Waals surface area contributed by atoms with Gasteiger partial charge in [-0.05, 0) is 34.7 Å². The van der Waals surface area contributed by atoms with Crippen molar-refractivity contribution >= 4 is 33.5 Å². The lowest BCUT2D eigenvalue weighted by molar-refractivity contribution is 0.145. The fourth-order valence-corrected chi connectivity index (χ4v) is 2.04. The van der Waals surface area contributed by atoms with Gasteiger partial charge in [0.25, 0.3) is 6.43 Å². The first-order chi connectivity index (χ1) is 7.11. The van der Waals surface area contributed by atoms with Crippen LogP contribution in [0.4, 0.5) is 8.78 Å². The lowest BCUT2D eigenvalue weighted by atomic mass is 10.2. The summed E-state index contributed by atoms with van der Waals surface area (Å²) in [5.74, 6) is 0. The zero-order valence-electron chi connectivity index (χ0n) is 7.43. The molecule has 2 aromatic rings. The molecule has 1 N–H and O–H groups in total. The van der Waals surface area contributed by atoms with Gasteiger partial charge >= 0.3 is 0 Å². The van der Waals surface area contributed by atoms with Crippen LogP contribution in [-0.4, -0.2) is 4.98 Å². The van der Waals surface area contributed by atoms with E-state index in [4.69, 9.17) is 0 Å². The number of rotatable bonds is 1. The zero-order valence-corrected chi connectivity index (χ0v) is 9.59. The molecule has 2 nitrogen and oxygen atoms in total. The Kier molecular flexibility index (Phi) is 2.72. The van der Waals surface area contributed by atoms with E-state index < -0.39 is 6.43 Å². The minimum absolute atomic E-state index is 0.0568. The fraction of sp³-hybridized carbons (Fsp3) is 0.100. The second-order valence-corrected chi connectivity index (χ2v) is 4.11. The number of nitrogens with one attached hydrogen (secondary N) is 1. The van der Waals surface area contributed by atoms with Crippen molar-refractivity contribution in [3.8, 4) is 0 Å². The summed E-state index contributed by atoms with van der Waals surface area (Å²) in [6.07, 6.45) is -2.66. The lowest BCUT2D eigenvalue weighted by Crippen LogP contribution is -2.12. The second-order valence-electron chi connectivity index (χ2n) is 3.03. The van der Waals surface area contributed by atoms with E-state index in [9.17, 15) is 13.6 Å². The molecular formula is C10H6F2INO. The second kappa shape index (κ2) is 3.88. The number of aromatic amines is 1. The van der Waals surface area contributed by atoms with Gasteiger partial charge in [-0.2, -0.15) is 0 Å². The quantitative estimate of drug-likeness (QED) is 0.805. The van der Waals surface area contributed by atoms with Crippen molar-refractivity contribution in [3.05, 3.63) is 43.8 Å². The fourth-order valence-electron chi connectivity index (χ4n) is 1.38. The molecular weight excluding hydrogens is 315 g/mol. The molecule has 0 radical (unpaired) electrons. The van der Waals surface area contributed by atoms with Gasteiger partial charge in [0, 0.05) is 10.9 Å². The van der Waals surface area contributed by atoms with Crippen LogP contribution in [0.2, 0.25) is 0 Å². The molecule has 0 saturated heterocycles. The van der Waals surface area contributed by atoms with Crippen LogP contribution in [0.5, 0.6) is 0 Å². The molecule has 1 aromatic carbocycles. The van der Waals surface area contributed by atoms with Crippen LogP contribution in [0.25, 0.3) is 10.9 Å².